The van der Waals surface area contributed by atoms with E-state index in [-0.39, 0.29) is 0 Å². The van der Waals surface area contributed by atoms with Crippen molar-refractivity contribution in [2.75, 3.05) is 20.8 Å². The molecule has 0 aromatic heterocycles. The molecule has 0 spiro atoms. The van der Waals surface area contributed by atoms with Crippen LogP contribution in [0.1, 0.15) is 31.2 Å². The van der Waals surface area contributed by atoms with Crippen LogP contribution < -0.4 is 14.8 Å². The quantitative estimate of drug-likeness (QED) is 0.873. The fourth-order valence-electron chi connectivity index (χ4n) is 2.39. The molecule has 0 amide bonds. The number of methoxy groups -OCH3 is 2. The highest BCUT2D eigenvalue weighted by molar-refractivity contribution is 5.44. The molecule has 1 fully saturated rings. The number of hydrogen-bond acceptors (Lipinski definition) is 3. The number of rotatable bonds is 3. The van der Waals surface area contributed by atoms with Gasteiger partial charge in [-0.2, -0.15) is 0 Å². The summed E-state index contributed by atoms with van der Waals surface area (Å²) in [7, 11) is 3.35. The molecular formula is C14H21NO2. The van der Waals surface area contributed by atoms with E-state index >= 15 is 0 Å². The SMILES string of the molecule is COc1ccc(C2CCC(C)NC2)cc1OC. The molecule has 2 rings (SSSR count). The van der Waals surface area contributed by atoms with Crippen molar-refractivity contribution in [3.05, 3.63) is 23.8 Å². The maximum absolute atomic E-state index is 5.34. The topological polar surface area (TPSA) is 30.5 Å². The Morgan fingerprint density at radius 1 is 1.12 bits per heavy atom. The average Bonchev–Trinajstić information content (AvgIpc) is 2.39. The zero-order valence-corrected chi connectivity index (χ0v) is 10.8. The van der Waals surface area contributed by atoms with Crippen molar-refractivity contribution >= 4 is 0 Å². The second-order valence-electron chi connectivity index (χ2n) is 4.70. The van der Waals surface area contributed by atoms with E-state index < -0.39 is 0 Å². The van der Waals surface area contributed by atoms with Crippen LogP contribution in [0.3, 0.4) is 0 Å². The zero-order valence-electron chi connectivity index (χ0n) is 10.8. The first-order chi connectivity index (χ1) is 8.24. The van der Waals surface area contributed by atoms with E-state index in [9.17, 15) is 0 Å². The number of hydrogen-bond donors (Lipinski definition) is 1. The average molecular weight is 235 g/mol. The maximum Gasteiger partial charge on any atom is 0.160 e. The first-order valence-electron chi connectivity index (χ1n) is 6.20. The highest BCUT2D eigenvalue weighted by Crippen LogP contribution is 2.33. The molecule has 17 heavy (non-hydrogen) atoms. The van der Waals surface area contributed by atoms with Gasteiger partial charge >= 0.3 is 0 Å². The molecule has 1 aliphatic rings. The van der Waals surface area contributed by atoms with Crippen LogP contribution in [-0.4, -0.2) is 26.8 Å². The van der Waals surface area contributed by atoms with Crippen LogP contribution in [0.15, 0.2) is 18.2 Å². The van der Waals surface area contributed by atoms with Gasteiger partial charge in [0.2, 0.25) is 0 Å². The summed E-state index contributed by atoms with van der Waals surface area (Å²) in [5.74, 6) is 2.21. The monoisotopic (exact) mass is 235 g/mol. The number of piperidine rings is 1. The van der Waals surface area contributed by atoms with Crippen molar-refractivity contribution in [1.82, 2.24) is 5.32 Å². The molecule has 3 heteroatoms. The van der Waals surface area contributed by atoms with Crippen molar-refractivity contribution in [3.63, 3.8) is 0 Å². The van der Waals surface area contributed by atoms with Crippen molar-refractivity contribution in [1.29, 1.82) is 0 Å². The summed E-state index contributed by atoms with van der Waals surface area (Å²) < 4.78 is 10.6. The third kappa shape index (κ3) is 2.72. The van der Waals surface area contributed by atoms with Crippen molar-refractivity contribution < 1.29 is 9.47 Å². The number of benzene rings is 1. The molecule has 0 radical (unpaired) electrons. The molecule has 1 N–H and O–H groups in total. The first-order valence-corrected chi connectivity index (χ1v) is 6.20. The summed E-state index contributed by atoms with van der Waals surface area (Å²) in [5, 5.41) is 3.52. The lowest BCUT2D eigenvalue weighted by atomic mass is 9.89. The van der Waals surface area contributed by atoms with Gasteiger partial charge in [-0.1, -0.05) is 6.07 Å². The van der Waals surface area contributed by atoms with Crippen molar-refractivity contribution in [3.8, 4) is 11.5 Å². The Morgan fingerprint density at radius 2 is 1.88 bits per heavy atom. The van der Waals surface area contributed by atoms with Gasteiger partial charge in [0.05, 0.1) is 14.2 Å². The van der Waals surface area contributed by atoms with Crippen LogP contribution >= 0.6 is 0 Å². The lowest BCUT2D eigenvalue weighted by Crippen LogP contribution is -2.35. The fourth-order valence-corrected chi connectivity index (χ4v) is 2.39. The maximum atomic E-state index is 5.34. The molecule has 1 heterocycles. The van der Waals surface area contributed by atoms with Gasteiger partial charge in [0.25, 0.3) is 0 Å². The van der Waals surface area contributed by atoms with Crippen LogP contribution in [-0.2, 0) is 0 Å². The fraction of sp³-hybridized carbons (Fsp3) is 0.571. The highest BCUT2D eigenvalue weighted by atomic mass is 16.5. The molecule has 1 saturated heterocycles. The number of nitrogens with one attached hydrogen (secondary N) is 1. The minimum absolute atomic E-state index is 0.589. The Balaban J connectivity index is 2.16. The van der Waals surface area contributed by atoms with Gasteiger partial charge in [-0.25, -0.2) is 0 Å². The largest absolute Gasteiger partial charge is 0.493 e. The number of ether oxygens (including phenoxy) is 2. The normalized spacial score (nSPS) is 24.4. The minimum atomic E-state index is 0.589. The van der Waals surface area contributed by atoms with E-state index in [1.807, 2.05) is 6.07 Å². The van der Waals surface area contributed by atoms with E-state index in [1.165, 1.54) is 18.4 Å². The zero-order chi connectivity index (χ0) is 12.3. The summed E-state index contributed by atoms with van der Waals surface area (Å²) >= 11 is 0. The molecule has 1 aliphatic heterocycles. The van der Waals surface area contributed by atoms with E-state index in [0.29, 0.717) is 12.0 Å². The molecule has 2 unspecified atom stereocenters. The van der Waals surface area contributed by atoms with E-state index in [0.717, 1.165) is 18.0 Å². The second kappa shape index (κ2) is 5.41. The molecule has 0 aliphatic carbocycles. The Morgan fingerprint density at radius 3 is 2.47 bits per heavy atom. The van der Waals surface area contributed by atoms with E-state index in [2.05, 4.69) is 24.4 Å². The van der Waals surface area contributed by atoms with Crippen molar-refractivity contribution in [2.45, 2.75) is 31.7 Å². The Labute approximate surface area is 103 Å². The van der Waals surface area contributed by atoms with Gasteiger partial charge in [0, 0.05) is 12.6 Å². The van der Waals surface area contributed by atoms with Crippen molar-refractivity contribution in [2.24, 2.45) is 0 Å². The first kappa shape index (κ1) is 12.2. The van der Waals surface area contributed by atoms with Gasteiger partial charge < -0.3 is 14.8 Å². The summed E-state index contributed by atoms with van der Waals surface area (Å²) in [4.78, 5) is 0. The predicted octanol–water partition coefficient (Wildman–Crippen LogP) is 2.56. The summed E-state index contributed by atoms with van der Waals surface area (Å²) in [6.07, 6.45) is 2.47. The summed E-state index contributed by atoms with van der Waals surface area (Å²) in [5.41, 5.74) is 1.34. The van der Waals surface area contributed by atoms with Crippen LogP contribution in [0.5, 0.6) is 11.5 Å². The Hall–Kier alpha value is -1.22. The van der Waals surface area contributed by atoms with Gasteiger partial charge in [0.15, 0.2) is 11.5 Å². The molecule has 3 nitrogen and oxygen atoms in total. The third-order valence-electron chi connectivity index (χ3n) is 3.54. The predicted molar refractivity (Wildman–Crippen MR) is 69.0 cm³/mol. The Bertz CT molecular complexity index is 370. The lowest BCUT2D eigenvalue weighted by Gasteiger charge is -2.28. The molecule has 2 atom stereocenters. The summed E-state index contributed by atoms with van der Waals surface area (Å²) in [6, 6.07) is 6.88. The van der Waals surface area contributed by atoms with Gasteiger partial charge in [0.1, 0.15) is 0 Å². The van der Waals surface area contributed by atoms with Crippen LogP contribution in [0, 0.1) is 0 Å². The molecule has 1 aromatic carbocycles. The molecule has 1 aromatic rings. The molecule has 0 saturated carbocycles. The standard InChI is InChI=1S/C14H21NO2/c1-10-4-5-12(9-15-10)11-6-7-13(16-2)14(8-11)17-3/h6-8,10,12,15H,4-5,9H2,1-3H3. The van der Waals surface area contributed by atoms with E-state index in [1.54, 1.807) is 14.2 Å². The molecule has 0 bridgehead atoms. The smallest absolute Gasteiger partial charge is 0.160 e. The summed E-state index contributed by atoms with van der Waals surface area (Å²) in [6.45, 7) is 3.29. The van der Waals surface area contributed by atoms with E-state index in [4.69, 9.17) is 9.47 Å². The van der Waals surface area contributed by atoms with Crippen LogP contribution in [0.2, 0.25) is 0 Å². The van der Waals surface area contributed by atoms with Gasteiger partial charge in [-0.05, 0) is 43.4 Å². The molecular weight excluding hydrogens is 214 g/mol. The second-order valence-corrected chi connectivity index (χ2v) is 4.70. The van der Waals surface area contributed by atoms with Crippen LogP contribution in [0.4, 0.5) is 0 Å². The van der Waals surface area contributed by atoms with Gasteiger partial charge in [-0.15, -0.1) is 0 Å². The minimum Gasteiger partial charge on any atom is -0.493 e. The molecule has 94 valence electrons. The third-order valence-corrected chi connectivity index (χ3v) is 3.54. The Kier molecular flexibility index (Phi) is 3.89. The highest BCUT2D eigenvalue weighted by Gasteiger charge is 2.20. The lowest BCUT2D eigenvalue weighted by molar-refractivity contribution is 0.351. The van der Waals surface area contributed by atoms with Gasteiger partial charge in [-0.3, -0.25) is 0 Å². The van der Waals surface area contributed by atoms with Crippen LogP contribution in [0.25, 0.3) is 0 Å².